The second kappa shape index (κ2) is 8.99. The van der Waals surface area contributed by atoms with Gasteiger partial charge in [0.1, 0.15) is 23.3 Å². The van der Waals surface area contributed by atoms with Gasteiger partial charge in [-0.25, -0.2) is 14.8 Å². The maximum atomic E-state index is 13.7. The third kappa shape index (κ3) is 4.10. The molecule has 0 saturated carbocycles. The molecular weight excluding hydrogens is 444 g/mol. The Labute approximate surface area is 201 Å². The smallest absolute Gasteiger partial charge is 0.335 e. The number of carbonyl (C=O) groups is 1. The number of aromatic nitrogens is 4. The van der Waals surface area contributed by atoms with Crippen LogP contribution in [0.25, 0.3) is 16.9 Å². The maximum absolute atomic E-state index is 13.7. The number of hydrogen-bond acceptors (Lipinski definition) is 6. The molecular formula is C26H24N6O3. The zero-order chi connectivity index (χ0) is 24.5. The van der Waals surface area contributed by atoms with Crippen LogP contribution in [0.5, 0.6) is 11.5 Å². The fourth-order valence-corrected chi connectivity index (χ4v) is 4.44. The van der Waals surface area contributed by atoms with Crippen molar-refractivity contribution < 1.29 is 9.53 Å². The third-order valence-electron chi connectivity index (χ3n) is 6.05. The van der Waals surface area contributed by atoms with Gasteiger partial charge < -0.3 is 15.4 Å². The van der Waals surface area contributed by atoms with Crippen molar-refractivity contribution in [1.82, 2.24) is 24.0 Å². The van der Waals surface area contributed by atoms with Gasteiger partial charge in [0.15, 0.2) is 11.5 Å². The van der Waals surface area contributed by atoms with Crippen LogP contribution in [0.2, 0.25) is 0 Å². The first kappa shape index (κ1) is 22.2. The Bertz CT molecular complexity index is 1540. The molecule has 0 bridgehead atoms. The number of nitrogens with zero attached hydrogens (tertiary/aromatic N) is 5. The highest BCUT2D eigenvalue weighted by atomic mass is 16.5. The monoisotopic (exact) mass is 468 g/mol. The summed E-state index contributed by atoms with van der Waals surface area (Å²) >= 11 is 0. The molecule has 5 rings (SSSR count). The van der Waals surface area contributed by atoms with Gasteiger partial charge in [0, 0.05) is 13.1 Å². The van der Waals surface area contributed by atoms with Gasteiger partial charge in [0.05, 0.1) is 11.7 Å². The van der Waals surface area contributed by atoms with Gasteiger partial charge >= 0.3 is 5.69 Å². The van der Waals surface area contributed by atoms with E-state index in [0.29, 0.717) is 42.1 Å². The van der Waals surface area contributed by atoms with Crippen LogP contribution in [0.4, 0.5) is 5.82 Å². The number of hydrogen-bond donors (Lipinski definition) is 1. The Morgan fingerprint density at radius 2 is 1.94 bits per heavy atom. The summed E-state index contributed by atoms with van der Waals surface area (Å²) in [5.74, 6) is 6.53. The zero-order valence-corrected chi connectivity index (χ0v) is 19.4. The summed E-state index contributed by atoms with van der Waals surface area (Å²) in [7, 11) is 0. The Hall–Kier alpha value is -4.58. The van der Waals surface area contributed by atoms with E-state index in [2.05, 4.69) is 21.8 Å². The van der Waals surface area contributed by atoms with Gasteiger partial charge in [0.25, 0.3) is 5.91 Å². The maximum Gasteiger partial charge on any atom is 0.335 e. The molecule has 9 nitrogen and oxygen atoms in total. The molecule has 2 N–H and O–H groups in total. The molecule has 1 aliphatic heterocycles. The summed E-state index contributed by atoms with van der Waals surface area (Å²) in [5, 5.41) is 0. The van der Waals surface area contributed by atoms with Gasteiger partial charge in [-0.15, -0.1) is 0 Å². The summed E-state index contributed by atoms with van der Waals surface area (Å²) in [6, 6.07) is 14.7. The first-order valence-electron chi connectivity index (χ1n) is 11.3. The van der Waals surface area contributed by atoms with E-state index in [-0.39, 0.29) is 23.5 Å². The normalized spacial score (nSPS) is 15.1. The van der Waals surface area contributed by atoms with Crippen molar-refractivity contribution in [3.8, 4) is 29.0 Å². The lowest BCUT2D eigenvalue weighted by Gasteiger charge is -2.14. The van der Waals surface area contributed by atoms with Gasteiger partial charge in [0.2, 0.25) is 0 Å². The molecule has 176 valence electrons. The highest BCUT2D eigenvalue weighted by Crippen LogP contribution is 2.29. The molecule has 0 unspecified atom stereocenters. The average molecular weight is 469 g/mol. The van der Waals surface area contributed by atoms with Crippen LogP contribution in [-0.4, -0.2) is 43.0 Å². The SMILES string of the molecule is CC#CC(=O)N1CC[C@@H](n2c(=O)n(-c3ccc(Oc4cccc(C)c4)cc3)c3c(N)ncnc32)C1. The molecule has 1 amide bonds. The number of likely N-dealkylation sites (tertiary alicyclic amines) is 1. The predicted octanol–water partition coefficient (Wildman–Crippen LogP) is 3.06. The van der Waals surface area contributed by atoms with Crippen molar-refractivity contribution in [2.24, 2.45) is 0 Å². The van der Waals surface area contributed by atoms with Crippen molar-refractivity contribution in [3.63, 3.8) is 0 Å². The minimum atomic E-state index is -0.291. The zero-order valence-electron chi connectivity index (χ0n) is 19.4. The second-order valence-electron chi connectivity index (χ2n) is 8.40. The molecule has 2 aromatic carbocycles. The number of amides is 1. The van der Waals surface area contributed by atoms with Gasteiger partial charge in [-0.05, 0) is 68.2 Å². The minimum Gasteiger partial charge on any atom is -0.457 e. The summed E-state index contributed by atoms with van der Waals surface area (Å²) < 4.78 is 9.06. The van der Waals surface area contributed by atoms with Gasteiger partial charge in [-0.2, -0.15) is 0 Å². The van der Waals surface area contributed by atoms with E-state index in [1.807, 2.05) is 31.2 Å². The lowest BCUT2D eigenvalue weighted by atomic mass is 10.2. The van der Waals surface area contributed by atoms with Crippen LogP contribution < -0.4 is 16.2 Å². The van der Waals surface area contributed by atoms with E-state index in [4.69, 9.17) is 10.5 Å². The van der Waals surface area contributed by atoms with Gasteiger partial charge in [-0.1, -0.05) is 18.1 Å². The van der Waals surface area contributed by atoms with Crippen molar-refractivity contribution in [1.29, 1.82) is 0 Å². The van der Waals surface area contributed by atoms with Crippen LogP contribution in [0.3, 0.4) is 0 Å². The molecule has 0 aliphatic carbocycles. The Kier molecular flexibility index (Phi) is 5.71. The topological polar surface area (TPSA) is 108 Å². The lowest BCUT2D eigenvalue weighted by molar-refractivity contribution is -0.124. The average Bonchev–Trinajstić information content (AvgIpc) is 3.43. The number of fused-ring (bicyclic) bond motifs is 1. The predicted molar refractivity (Wildman–Crippen MR) is 132 cm³/mol. The number of imidazole rings is 1. The van der Waals surface area contributed by atoms with Crippen LogP contribution in [-0.2, 0) is 4.79 Å². The number of nitrogen functional groups attached to an aromatic ring is 1. The van der Waals surface area contributed by atoms with Crippen molar-refractivity contribution in [2.75, 3.05) is 18.8 Å². The fourth-order valence-electron chi connectivity index (χ4n) is 4.44. The second-order valence-corrected chi connectivity index (χ2v) is 8.40. The molecule has 1 atom stereocenters. The standard InChI is InChI=1S/C26H24N6O3/c1-3-5-22(33)30-13-12-19(15-30)32-25-23(24(27)28-16-29-25)31(26(32)34)18-8-10-20(11-9-18)35-21-7-4-6-17(2)14-21/h4,6-11,14,16,19H,12-13,15H2,1-2H3,(H2,27,28,29)/t19-/m1/s1. The molecule has 1 aliphatic rings. The third-order valence-corrected chi connectivity index (χ3v) is 6.05. The highest BCUT2D eigenvalue weighted by Gasteiger charge is 2.31. The highest BCUT2D eigenvalue weighted by molar-refractivity contribution is 5.93. The molecule has 4 aromatic rings. The van der Waals surface area contributed by atoms with E-state index >= 15 is 0 Å². The lowest BCUT2D eigenvalue weighted by Crippen LogP contribution is -2.31. The largest absolute Gasteiger partial charge is 0.457 e. The number of anilines is 1. The summed E-state index contributed by atoms with van der Waals surface area (Å²) in [6.07, 6.45) is 1.96. The molecule has 1 fully saturated rings. The summed E-state index contributed by atoms with van der Waals surface area (Å²) in [6.45, 7) is 4.52. The molecule has 9 heteroatoms. The molecule has 0 radical (unpaired) electrons. The number of carbonyl (C=O) groups excluding carboxylic acids is 1. The van der Waals surface area contributed by atoms with Crippen LogP contribution in [0.15, 0.2) is 59.7 Å². The van der Waals surface area contributed by atoms with E-state index in [1.54, 1.807) is 40.7 Å². The molecule has 2 aromatic heterocycles. The van der Waals surface area contributed by atoms with E-state index < -0.39 is 0 Å². The van der Waals surface area contributed by atoms with E-state index in [1.165, 1.54) is 10.9 Å². The number of ether oxygens (including phenoxy) is 1. The van der Waals surface area contributed by atoms with E-state index in [0.717, 1.165) is 11.3 Å². The van der Waals surface area contributed by atoms with Crippen LogP contribution in [0.1, 0.15) is 24.9 Å². The first-order valence-corrected chi connectivity index (χ1v) is 11.3. The van der Waals surface area contributed by atoms with Crippen molar-refractivity contribution in [3.05, 3.63) is 70.9 Å². The quantitative estimate of drug-likeness (QED) is 0.461. The number of aryl methyl sites for hydroxylation is 1. The Balaban J connectivity index is 1.53. The van der Waals surface area contributed by atoms with Crippen molar-refractivity contribution >= 4 is 22.9 Å². The Morgan fingerprint density at radius 1 is 1.14 bits per heavy atom. The number of rotatable bonds is 4. The Morgan fingerprint density at radius 3 is 2.69 bits per heavy atom. The molecule has 1 saturated heterocycles. The van der Waals surface area contributed by atoms with Crippen LogP contribution in [0, 0.1) is 18.8 Å². The minimum absolute atomic E-state index is 0.203. The number of benzene rings is 2. The fraction of sp³-hybridized carbons (Fsp3) is 0.231. The van der Waals surface area contributed by atoms with Crippen molar-refractivity contribution in [2.45, 2.75) is 26.3 Å². The summed E-state index contributed by atoms with van der Waals surface area (Å²) in [4.78, 5) is 36.1. The van der Waals surface area contributed by atoms with Gasteiger partial charge in [-0.3, -0.25) is 13.9 Å². The molecule has 3 heterocycles. The molecule has 0 spiro atoms. The molecule has 35 heavy (non-hydrogen) atoms. The first-order chi connectivity index (χ1) is 17.0. The number of nitrogens with two attached hydrogens (primary N) is 1. The summed E-state index contributed by atoms with van der Waals surface area (Å²) in [5.41, 5.74) is 8.49. The van der Waals surface area contributed by atoms with Crippen LogP contribution >= 0.6 is 0 Å². The van der Waals surface area contributed by atoms with E-state index in [9.17, 15) is 9.59 Å².